The van der Waals surface area contributed by atoms with Crippen LogP contribution in [0.1, 0.15) is 31.2 Å². The van der Waals surface area contributed by atoms with Crippen LogP contribution in [-0.4, -0.2) is 54.7 Å². The predicted molar refractivity (Wildman–Crippen MR) is 97.7 cm³/mol. The number of hydrogen-bond donors (Lipinski definition) is 2. The van der Waals surface area contributed by atoms with Gasteiger partial charge in [-0.15, -0.1) is 0 Å². The highest BCUT2D eigenvalue weighted by atomic mass is 16.5. The topological polar surface area (TPSA) is 70.7 Å². The molecule has 0 unspecified atom stereocenters. The van der Waals surface area contributed by atoms with E-state index in [0.717, 1.165) is 25.7 Å². The van der Waals surface area contributed by atoms with Crippen LogP contribution in [0.15, 0.2) is 30.3 Å². The minimum atomic E-state index is -0.173. The fraction of sp³-hybridized carbons (Fsp3) is 0.600. The number of urea groups is 1. The molecule has 26 heavy (non-hydrogen) atoms. The summed E-state index contributed by atoms with van der Waals surface area (Å²) in [5.74, 6) is -0.0174. The number of likely N-dealkylation sites (tertiary alicyclic amines) is 1. The van der Waals surface area contributed by atoms with E-state index in [-0.39, 0.29) is 30.1 Å². The van der Waals surface area contributed by atoms with Gasteiger partial charge in [-0.25, -0.2) is 4.79 Å². The molecule has 2 saturated heterocycles. The van der Waals surface area contributed by atoms with Gasteiger partial charge in [-0.1, -0.05) is 30.3 Å². The van der Waals surface area contributed by atoms with Crippen LogP contribution in [0.5, 0.6) is 0 Å². The zero-order valence-corrected chi connectivity index (χ0v) is 15.0. The van der Waals surface area contributed by atoms with Crippen LogP contribution in [0.2, 0.25) is 0 Å². The minimum absolute atomic E-state index is 0.0224. The Morgan fingerprint density at radius 1 is 1.15 bits per heavy atom. The normalized spacial score (nSPS) is 27.7. The van der Waals surface area contributed by atoms with Gasteiger partial charge in [0.1, 0.15) is 0 Å². The van der Waals surface area contributed by atoms with E-state index in [1.54, 1.807) is 4.90 Å². The lowest BCUT2D eigenvalue weighted by atomic mass is 9.91. The van der Waals surface area contributed by atoms with Crippen molar-refractivity contribution in [3.63, 3.8) is 0 Å². The van der Waals surface area contributed by atoms with Gasteiger partial charge in [0.25, 0.3) is 0 Å². The second-order valence-corrected chi connectivity index (χ2v) is 7.65. The Kier molecular flexibility index (Phi) is 5.11. The first-order valence-electron chi connectivity index (χ1n) is 9.71. The summed E-state index contributed by atoms with van der Waals surface area (Å²) in [7, 11) is 0. The van der Waals surface area contributed by atoms with Gasteiger partial charge in [0, 0.05) is 25.7 Å². The van der Waals surface area contributed by atoms with Gasteiger partial charge in [0.15, 0.2) is 0 Å². The number of carbonyl (C=O) groups is 2. The van der Waals surface area contributed by atoms with Crippen LogP contribution in [0, 0.1) is 5.92 Å². The molecular formula is C20H27N3O3. The highest BCUT2D eigenvalue weighted by Gasteiger charge is 2.46. The van der Waals surface area contributed by atoms with E-state index in [9.17, 15) is 9.59 Å². The molecule has 6 heteroatoms. The van der Waals surface area contributed by atoms with Crippen LogP contribution >= 0.6 is 0 Å². The minimum Gasteiger partial charge on any atom is -0.370 e. The average Bonchev–Trinajstić information content (AvgIpc) is 2.92. The summed E-state index contributed by atoms with van der Waals surface area (Å²) in [5, 5.41) is 6.12. The molecule has 3 amide bonds. The molecule has 6 nitrogen and oxygen atoms in total. The summed E-state index contributed by atoms with van der Waals surface area (Å²) in [6, 6.07) is 10.4. The fourth-order valence-corrected chi connectivity index (χ4v) is 4.03. The zero-order chi connectivity index (χ0) is 17.9. The molecule has 3 fully saturated rings. The summed E-state index contributed by atoms with van der Waals surface area (Å²) in [5.41, 5.74) is 1.21. The Labute approximate surface area is 154 Å². The van der Waals surface area contributed by atoms with Crippen molar-refractivity contribution in [1.82, 2.24) is 15.5 Å². The first-order chi connectivity index (χ1) is 12.7. The quantitative estimate of drug-likeness (QED) is 0.843. The van der Waals surface area contributed by atoms with E-state index >= 15 is 0 Å². The van der Waals surface area contributed by atoms with E-state index in [1.807, 2.05) is 18.2 Å². The molecule has 0 aromatic heterocycles. The van der Waals surface area contributed by atoms with Crippen molar-refractivity contribution < 1.29 is 14.3 Å². The second-order valence-electron chi connectivity index (χ2n) is 7.65. The molecule has 3 atom stereocenters. The lowest BCUT2D eigenvalue weighted by Crippen LogP contribution is -2.52. The van der Waals surface area contributed by atoms with Crippen LogP contribution in [0.4, 0.5) is 4.79 Å². The van der Waals surface area contributed by atoms with Crippen molar-refractivity contribution in [1.29, 1.82) is 0 Å². The molecule has 140 valence electrons. The van der Waals surface area contributed by atoms with E-state index < -0.39 is 0 Å². The Morgan fingerprint density at radius 2 is 1.96 bits per heavy atom. The van der Waals surface area contributed by atoms with E-state index in [0.29, 0.717) is 25.7 Å². The third-order valence-electron chi connectivity index (χ3n) is 5.77. The maximum absolute atomic E-state index is 12.5. The van der Waals surface area contributed by atoms with Gasteiger partial charge in [0.05, 0.1) is 18.1 Å². The van der Waals surface area contributed by atoms with Gasteiger partial charge in [-0.05, 0) is 37.7 Å². The van der Waals surface area contributed by atoms with Crippen molar-refractivity contribution >= 4 is 11.9 Å². The summed E-state index contributed by atoms with van der Waals surface area (Å²) in [6.45, 7) is 1.68. The standard InChI is InChI=1S/C20H27N3O3/c24-19(22-15-7-4-8-15)17-11-16-12-23(13-18(17)26-16)20(25)21-10-9-14-5-2-1-3-6-14/h1-3,5-6,15-18H,4,7-13H2,(H,21,25)(H,22,24)/t16-,17+,18-/m0/s1. The second kappa shape index (κ2) is 7.66. The lowest BCUT2D eigenvalue weighted by molar-refractivity contribution is -0.128. The zero-order valence-electron chi connectivity index (χ0n) is 15.0. The smallest absolute Gasteiger partial charge is 0.317 e. The number of amides is 3. The molecule has 3 aliphatic rings. The first kappa shape index (κ1) is 17.3. The molecule has 0 spiro atoms. The van der Waals surface area contributed by atoms with Crippen LogP contribution < -0.4 is 10.6 Å². The number of nitrogens with zero attached hydrogens (tertiary/aromatic N) is 1. The van der Waals surface area contributed by atoms with Crippen molar-refractivity contribution in [2.45, 2.75) is 50.4 Å². The molecule has 1 aromatic carbocycles. The number of nitrogens with one attached hydrogen (secondary N) is 2. The molecule has 1 aliphatic carbocycles. The van der Waals surface area contributed by atoms with Gasteiger partial charge >= 0.3 is 6.03 Å². The van der Waals surface area contributed by atoms with Crippen molar-refractivity contribution in [2.24, 2.45) is 5.92 Å². The number of carbonyl (C=O) groups excluding carboxylic acids is 2. The summed E-state index contributed by atoms with van der Waals surface area (Å²) in [6.07, 6.45) is 4.72. The maximum atomic E-state index is 12.5. The number of rotatable bonds is 5. The van der Waals surface area contributed by atoms with Crippen molar-refractivity contribution in [2.75, 3.05) is 19.6 Å². The molecular weight excluding hydrogens is 330 g/mol. The van der Waals surface area contributed by atoms with Gasteiger partial charge < -0.3 is 20.3 Å². The highest BCUT2D eigenvalue weighted by molar-refractivity contribution is 5.80. The SMILES string of the molecule is O=C(NC1CCC1)[C@@H]1C[C@H]2CN(C(=O)NCCc3ccccc3)C[C@@H]1O2. The molecule has 2 aliphatic heterocycles. The predicted octanol–water partition coefficient (Wildman–Crippen LogP) is 1.70. The molecule has 2 heterocycles. The highest BCUT2D eigenvalue weighted by Crippen LogP contribution is 2.32. The van der Waals surface area contributed by atoms with Crippen LogP contribution in [-0.2, 0) is 16.0 Å². The number of hydrogen-bond acceptors (Lipinski definition) is 3. The third-order valence-corrected chi connectivity index (χ3v) is 5.77. The van der Waals surface area contributed by atoms with Gasteiger partial charge in [-0.3, -0.25) is 4.79 Å². The number of benzene rings is 1. The largest absolute Gasteiger partial charge is 0.370 e. The van der Waals surface area contributed by atoms with Gasteiger partial charge in [-0.2, -0.15) is 0 Å². The Bertz CT molecular complexity index is 647. The molecule has 4 rings (SSSR count). The molecule has 0 radical (unpaired) electrons. The first-order valence-corrected chi connectivity index (χ1v) is 9.71. The summed E-state index contributed by atoms with van der Waals surface area (Å²) < 4.78 is 5.94. The average molecular weight is 357 g/mol. The number of morpholine rings is 1. The molecule has 1 aromatic rings. The Morgan fingerprint density at radius 3 is 2.69 bits per heavy atom. The molecule has 2 N–H and O–H groups in total. The maximum Gasteiger partial charge on any atom is 0.317 e. The number of ether oxygens (including phenoxy) is 1. The van der Waals surface area contributed by atoms with Crippen molar-refractivity contribution in [3.8, 4) is 0 Å². The molecule has 1 saturated carbocycles. The monoisotopic (exact) mass is 357 g/mol. The van der Waals surface area contributed by atoms with Crippen LogP contribution in [0.25, 0.3) is 0 Å². The lowest BCUT2D eigenvalue weighted by Gasteiger charge is -2.33. The van der Waals surface area contributed by atoms with E-state index in [2.05, 4.69) is 22.8 Å². The Balaban J connectivity index is 1.25. The van der Waals surface area contributed by atoms with E-state index in [4.69, 9.17) is 4.74 Å². The van der Waals surface area contributed by atoms with E-state index in [1.165, 1.54) is 12.0 Å². The number of fused-ring (bicyclic) bond motifs is 2. The third kappa shape index (κ3) is 3.85. The van der Waals surface area contributed by atoms with Crippen LogP contribution in [0.3, 0.4) is 0 Å². The van der Waals surface area contributed by atoms with Crippen molar-refractivity contribution in [3.05, 3.63) is 35.9 Å². The summed E-state index contributed by atoms with van der Waals surface area (Å²) >= 11 is 0. The molecule has 2 bridgehead atoms. The summed E-state index contributed by atoms with van der Waals surface area (Å²) in [4.78, 5) is 26.8. The fourth-order valence-electron chi connectivity index (χ4n) is 4.03. The van der Waals surface area contributed by atoms with Gasteiger partial charge in [0.2, 0.25) is 5.91 Å². The Hall–Kier alpha value is -2.08.